The number of hydrogen-bond acceptors (Lipinski definition) is 2. The smallest absolute Gasteiger partial charge is 0.324 e. The molecule has 0 atom stereocenters. The number of rotatable bonds is 5. The van der Waals surface area contributed by atoms with Gasteiger partial charge < -0.3 is 19.6 Å². The largest absolute Gasteiger partial charge is 0.340 e. The summed E-state index contributed by atoms with van der Waals surface area (Å²) in [5, 5.41) is -1.89. The molecule has 0 fully saturated rings. The Morgan fingerprint density at radius 3 is 1.77 bits per heavy atom. The summed E-state index contributed by atoms with van der Waals surface area (Å²) in [4.78, 5) is 34.6. The van der Waals surface area contributed by atoms with Crippen molar-refractivity contribution in [2.24, 2.45) is 0 Å². The van der Waals surface area contributed by atoms with Gasteiger partial charge in [-0.15, -0.1) is 0 Å². The summed E-state index contributed by atoms with van der Waals surface area (Å²) in [7, 11) is -9.44. The Bertz CT molecular complexity index is 217. The molecule has 1 radical (unpaired) electrons. The highest BCUT2D eigenvalue weighted by Gasteiger charge is 2.42. The molecular formula is C5H13O6P2. The standard InChI is InChI=1S/C5H13O6P2/c1-2-3-4-5(12(6,7)8)13(9,10)11/h3,5H,2,4H2,1H3,(H2,6,7,8)(H2,9,10,11). The van der Waals surface area contributed by atoms with Crippen LogP contribution in [0, 0.1) is 6.42 Å². The van der Waals surface area contributed by atoms with Crippen LogP contribution in [-0.4, -0.2) is 25.0 Å². The lowest BCUT2D eigenvalue weighted by atomic mass is 10.3. The average Bonchev–Trinajstić information content (AvgIpc) is 1.81. The van der Waals surface area contributed by atoms with Gasteiger partial charge in [0, 0.05) is 0 Å². The molecule has 0 amide bonds. The van der Waals surface area contributed by atoms with Crippen molar-refractivity contribution in [3.05, 3.63) is 6.42 Å². The molecule has 0 heterocycles. The van der Waals surface area contributed by atoms with Gasteiger partial charge >= 0.3 is 15.2 Å². The van der Waals surface area contributed by atoms with Gasteiger partial charge in [-0.25, -0.2) is 0 Å². The van der Waals surface area contributed by atoms with Crippen molar-refractivity contribution in [2.75, 3.05) is 0 Å². The maximum atomic E-state index is 10.7. The molecule has 0 unspecified atom stereocenters. The molecule has 8 heteroatoms. The SMILES string of the molecule is CC[CH]CC(P(=O)(O)O)P(=O)(O)O. The lowest BCUT2D eigenvalue weighted by molar-refractivity contribution is 0.337. The second-order valence-electron chi connectivity index (χ2n) is 2.59. The van der Waals surface area contributed by atoms with Crippen LogP contribution >= 0.6 is 15.2 Å². The van der Waals surface area contributed by atoms with Crippen LogP contribution in [0.15, 0.2) is 0 Å². The number of hydrogen-bond donors (Lipinski definition) is 4. The highest BCUT2D eigenvalue weighted by Crippen LogP contribution is 2.61. The molecule has 79 valence electrons. The Morgan fingerprint density at radius 2 is 1.54 bits per heavy atom. The van der Waals surface area contributed by atoms with E-state index < -0.39 is 20.6 Å². The first-order chi connectivity index (χ1) is 5.69. The predicted molar refractivity (Wildman–Crippen MR) is 47.1 cm³/mol. The number of unbranched alkanes of at least 4 members (excludes halogenated alkanes) is 1. The fourth-order valence-electron chi connectivity index (χ4n) is 0.786. The van der Waals surface area contributed by atoms with E-state index in [4.69, 9.17) is 19.6 Å². The summed E-state index contributed by atoms with van der Waals surface area (Å²) >= 11 is 0. The van der Waals surface area contributed by atoms with Gasteiger partial charge in [-0.2, -0.15) is 0 Å². The van der Waals surface area contributed by atoms with Crippen LogP contribution in [0.3, 0.4) is 0 Å². The zero-order valence-corrected chi connectivity index (χ0v) is 8.86. The fraction of sp³-hybridized carbons (Fsp3) is 0.800. The molecule has 6 nitrogen and oxygen atoms in total. The maximum Gasteiger partial charge on any atom is 0.340 e. The van der Waals surface area contributed by atoms with Gasteiger partial charge in [0.25, 0.3) is 0 Å². The van der Waals surface area contributed by atoms with Crippen LogP contribution in [0.4, 0.5) is 0 Å². The minimum absolute atomic E-state index is 0.273. The molecule has 0 aromatic carbocycles. The summed E-state index contributed by atoms with van der Waals surface area (Å²) < 4.78 is 21.3. The Balaban J connectivity index is 4.59. The van der Waals surface area contributed by atoms with E-state index in [0.29, 0.717) is 6.42 Å². The summed E-state index contributed by atoms with van der Waals surface area (Å²) in [5.74, 6) is 0. The third-order valence-corrected chi connectivity index (χ3v) is 5.22. The quantitative estimate of drug-likeness (QED) is 0.517. The highest BCUT2D eigenvalue weighted by molar-refractivity contribution is 7.70. The van der Waals surface area contributed by atoms with Crippen molar-refractivity contribution in [2.45, 2.75) is 25.2 Å². The third-order valence-electron chi connectivity index (χ3n) is 1.44. The Labute approximate surface area is 76.3 Å². The van der Waals surface area contributed by atoms with E-state index in [2.05, 4.69) is 0 Å². The van der Waals surface area contributed by atoms with Crippen LogP contribution in [0.5, 0.6) is 0 Å². The van der Waals surface area contributed by atoms with E-state index in [1.165, 1.54) is 6.42 Å². The van der Waals surface area contributed by atoms with E-state index in [-0.39, 0.29) is 6.42 Å². The first-order valence-electron chi connectivity index (χ1n) is 3.61. The van der Waals surface area contributed by atoms with Crippen molar-refractivity contribution in [1.82, 2.24) is 0 Å². The predicted octanol–water partition coefficient (Wildman–Crippen LogP) is 0.672. The third kappa shape index (κ3) is 4.91. The lowest BCUT2D eigenvalue weighted by Gasteiger charge is -2.18. The normalized spacial score (nSPS) is 13.7. The minimum Gasteiger partial charge on any atom is -0.324 e. The van der Waals surface area contributed by atoms with Gasteiger partial charge in [-0.05, 0) is 12.8 Å². The molecule has 0 aliphatic carbocycles. The van der Waals surface area contributed by atoms with Crippen LogP contribution in [0.2, 0.25) is 0 Å². The maximum absolute atomic E-state index is 10.7. The van der Waals surface area contributed by atoms with Crippen molar-refractivity contribution in [1.29, 1.82) is 0 Å². The molecule has 4 N–H and O–H groups in total. The Hall–Kier alpha value is 0.300. The molecule has 0 saturated carbocycles. The molecule has 0 saturated heterocycles. The van der Waals surface area contributed by atoms with Gasteiger partial charge in [-0.3, -0.25) is 9.13 Å². The zero-order valence-electron chi connectivity index (χ0n) is 7.07. The second kappa shape index (κ2) is 4.69. The zero-order chi connectivity index (χ0) is 10.7. The van der Waals surface area contributed by atoms with Crippen molar-refractivity contribution >= 4 is 15.2 Å². The first-order valence-corrected chi connectivity index (χ1v) is 6.98. The Kier molecular flexibility index (Phi) is 4.80. The van der Waals surface area contributed by atoms with Gasteiger partial charge in [0.15, 0.2) is 5.40 Å². The molecule has 0 rings (SSSR count). The Morgan fingerprint density at radius 1 is 1.15 bits per heavy atom. The van der Waals surface area contributed by atoms with Crippen molar-refractivity contribution in [3.8, 4) is 0 Å². The van der Waals surface area contributed by atoms with E-state index in [1.54, 1.807) is 6.92 Å². The molecule has 13 heavy (non-hydrogen) atoms. The topological polar surface area (TPSA) is 115 Å². The monoisotopic (exact) mass is 231 g/mol. The summed E-state index contributed by atoms with van der Waals surface area (Å²) in [6.45, 7) is 1.72. The second-order valence-corrected chi connectivity index (χ2v) is 6.60. The molecular weight excluding hydrogens is 218 g/mol. The first kappa shape index (κ1) is 13.3. The van der Waals surface area contributed by atoms with Crippen molar-refractivity contribution < 1.29 is 28.7 Å². The minimum atomic E-state index is -4.72. The summed E-state index contributed by atoms with van der Waals surface area (Å²) in [5.41, 5.74) is 0. The van der Waals surface area contributed by atoms with Crippen LogP contribution in [0.25, 0.3) is 0 Å². The molecule has 0 aromatic rings. The average molecular weight is 231 g/mol. The molecule has 0 aliphatic heterocycles. The molecule has 0 bridgehead atoms. The summed E-state index contributed by atoms with van der Waals surface area (Å²) in [6, 6.07) is 0. The van der Waals surface area contributed by atoms with E-state index in [1.807, 2.05) is 0 Å². The molecule has 0 spiro atoms. The van der Waals surface area contributed by atoms with Crippen LogP contribution in [0.1, 0.15) is 19.8 Å². The van der Waals surface area contributed by atoms with Crippen LogP contribution in [-0.2, 0) is 9.13 Å². The van der Waals surface area contributed by atoms with Gasteiger partial charge in [-0.1, -0.05) is 13.3 Å². The van der Waals surface area contributed by atoms with E-state index >= 15 is 0 Å². The fourth-order valence-corrected chi connectivity index (χ4v) is 3.20. The highest BCUT2D eigenvalue weighted by atomic mass is 31.2. The molecule has 0 aromatic heterocycles. The van der Waals surface area contributed by atoms with Crippen LogP contribution < -0.4 is 0 Å². The lowest BCUT2D eigenvalue weighted by Crippen LogP contribution is -2.09. The van der Waals surface area contributed by atoms with E-state index in [0.717, 1.165) is 0 Å². The molecule has 0 aliphatic rings. The van der Waals surface area contributed by atoms with Gasteiger partial charge in [0.05, 0.1) is 0 Å². The van der Waals surface area contributed by atoms with Gasteiger partial charge in [0.2, 0.25) is 0 Å². The van der Waals surface area contributed by atoms with E-state index in [9.17, 15) is 9.13 Å². The van der Waals surface area contributed by atoms with Gasteiger partial charge in [0.1, 0.15) is 0 Å². The summed E-state index contributed by atoms with van der Waals surface area (Å²) in [6.07, 6.45) is 1.67. The van der Waals surface area contributed by atoms with Crippen molar-refractivity contribution in [3.63, 3.8) is 0 Å².